The number of hydrogen-bond donors (Lipinski definition) is 0. The summed E-state index contributed by atoms with van der Waals surface area (Å²) in [5.41, 5.74) is 3.64. The molecule has 0 aliphatic heterocycles. The van der Waals surface area contributed by atoms with Crippen LogP contribution in [0.3, 0.4) is 0 Å². The third kappa shape index (κ3) is 3.88. The van der Waals surface area contributed by atoms with E-state index in [9.17, 15) is 0 Å². The summed E-state index contributed by atoms with van der Waals surface area (Å²) >= 11 is 0. The minimum Gasteiger partial charge on any atom is -0.257 e. The highest BCUT2D eigenvalue weighted by atomic mass is 14.7. The Hall–Kier alpha value is -1.11. The maximum atomic E-state index is 4.22. The standard InChI is InChI=1S/C12H19N/c1-6-9-12(13-8-3)11(5)10(4)7-2/h6,8-9H,3,7H2,1-2,4-5H3/b9-6-,11-10-,13-12-. The smallest absolute Gasteiger partial charge is 0.0654 e. The van der Waals surface area contributed by atoms with Crippen LogP contribution in [-0.4, -0.2) is 5.71 Å². The number of rotatable bonds is 4. The summed E-state index contributed by atoms with van der Waals surface area (Å²) in [5, 5.41) is 0. The molecule has 0 spiro atoms. The van der Waals surface area contributed by atoms with Crippen LogP contribution in [0, 0.1) is 0 Å². The van der Waals surface area contributed by atoms with Gasteiger partial charge in [0.15, 0.2) is 0 Å². The molecule has 1 heteroatoms. The average Bonchev–Trinajstić information content (AvgIpc) is 2.15. The van der Waals surface area contributed by atoms with Crippen molar-refractivity contribution in [3.63, 3.8) is 0 Å². The van der Waals surface area contributed by atoms with Gasteiger partial charge in [0.2, 0.25) is 0 Å². The van der Waals surface area contributed by atoms with E-state index in [1.54, 1.807) is 6.20 Å². The molecule has 0 unspecified atom stereocenters. The lowest BCUT2D eigenvalue weighted by molar-refractivity contribution is 1.08. The molecule has 0 amide bonds. The van der Waals surface area contributed by atoms with E-state index >= 15 is 0 Å². The zero-order valence-corrected chi connectivity index (χ0v) is 9.09. The van der Waals surface area contributed by atoms with E-state index in [0.717, 1.165) is 12.1 Å². The maximum Gasteiger partial charge on any atom is 0.0654 e. The first-order valence-electron chi connectivity index (χ1n) is 4.65. The molecule has 13 heavy (non-hydrogen) atoms. The highest BCUT2D eigenvalue weighted by Crippen LogP contribution is 2.10. The summed E-state index contributed by atoms with van der Waals surface area (Å²) in [6.07, 6.45) is 6.66. The van der Waals surface area contributed by atoms with Crippen LogP contribution in [0.4, 0.5) is 0 Å². The molecule has 0 saturated carbocycles. The van der Waals surface area contributed by atoms with Gasteiger partial charge in [-0.1, -0.05) is 25.2 Å². The number of allylic oxidation sites excluding steroid dienone is 4. The highest BCUT2D eigenvalue weighted by Gasteiger charge is 1.99. The van der Waals surface area contributed by atoms with E-state index in [-0.39, 0.29) is 0 Å². The van der Waals surface area contributed by atoms with Crippen molar-refractivity contribution in [2.75, 3.05) is 0 Å². The molecule has 0 saturated heterocycles. The van der Waals surface area contributed by atoms with Crippen LogP contribution in [0.25, 0.3) is 0 Å². The Morgan fingerprint density at radius 2 is 2.00 bits per heavy atom. The predicted molar refractivity (Wildman–Crippen MR) is 61.1 cm³/mol. The predicted octanol–water partition coefficient (Wildman–Crippen LogP) is 3.89. The summed E-state index contributed by atoms with van der Waals surface area (Å²) < 4.78 is 0. The summed E-state index contributed by atoms with van der Waals surface area (Å²) in [6, 6.07) is 0. The highest BCUT2D eigenvalue weighted by molar-refractivity contribution is 6.08. The topological polar surface area (TPSA) is 12.4 Å². The maximum absolute atomic E-state index is 4.22. The van der Waals surface area contributed by atoms with Crippen molar-refractivity contribution in [1.29, 1.82) is 0 Å². The Balaban J connectivity index is 4.96. The van der Waals surface area contributed by atoms with Crippen molar-refractivity contribution < 1.29 is 0 Å². The van der Waals surface area contributed by atoms with E-state index in [0.29, 0.717) is 0 Å². The van der Waals surface area contributed by atoms with Gasteiger partial charge in [0.1, 0.15) is 0 Å². The SMILES string of the molecule is C=C/N=C(/C=C\C)C(\C)=C(\C)CC. The molecule has 0 atom stereocenters. The van der Waals surface area contributed by atoms with E-state index in [1.807, 2.05) is 19.1 Å². The molecular weight excluding hydrogens is 158 g/mol. The van der Waals surface area contributed by atoms with Crippen LogP contribution in [0.5, 0.6) is 0 Å². The van der Waals surface area contributed by atoms with Crippen LogP contribution in [0.1, 0.15) is 34.1 Å². The fourth-order valence-corrected chi connectivity index (χ4v) is 1.00. The molecule has 0 radical (unpaired) electrons. The second kappa shape index (κ2) is 6.41. The summed E-state index contributed by atoms with van der Waals surface area (Å²) in [5.74, 6) is 0. The van der Waals surface area contributed by atoms with Crippen molar-refractivity contribution in [3.8, 4) is 0 Å². The Kier molecular flexibility index (Phi) is 5.86. The van der Waals surface area contributed by atoms with E-state index in [2.05, 4.69) is 32.3 Å². The molecule has 0 aliphatic rings. The molecule has 0 aromatic heterocycles. The largest absolute Gasteiger partial charge is 0.257 e. The van der Waals surface area contributed by atoms with Crippen LogP contribution >= 0.6 is 0 Å². The summed E-state index contributed by atoms with van der Waals surface area (Å²) in [6.45, 7) is 12.0. The Morgan fingerprint density at radius 1 is 1.38 bits per heavy atom. The lowest BCUT2D eigenvalue weighted by Crippen LogP contribution is -1.97. The molecule has 0 fully saturated rings. The lowest BCUT2D eigenvalue weighted by Gasteiger charge is -2.04. The quantitative estimate of drug-likeness (QED) is 0.578. The third-order valence-corrected chi connectivity index (χ3v) is 2.11. The van der Waals surface area contributed by atoms with Gasteiger partial charge in [-0.25, -0.2) is 0 Å². The van der Waals surface area contributed by atoms with Gasteiger partial charge >= 0.3 is 0 Å². The zero-order valence-electron chi connectivity index (χ0n) is 9.09. The number of hydrogen-bond acceptors (Lipinski definition) is 1. The minimum absolute atomic E-state index is 1.01. The Labute approximate surface area is 81.6 Å². The molecule has 0 N–H and O–H groups in total. The first kappa shape index (κ1) is 11.9. The normalized spacial score (nSPS) is 14.6. The number of aliphatic imine (C=N–C) groups is 1. The molecule has 0 aliphatic carbocycles. The van der Waals surface area contributed by atoms with Crippen LogP contribution in [0.15, 0.2) is 41.1 Å². The van der Waals surface area contributed by atoms with Gasteiger partial charge in [0.05, 0.1) is 5.71 Å². The zero-order chi connectivity index (χ0) is 10.3. The van der Waals surface area contributed by atoms with Crippen molar-refractivity contribution in [1.82, 2.24) is 0 Å². The molecule has 72 valence electrons. The van der Waals surface area contributed by atoms with Gasteiger partial charge in [-0.3, -0.25) is 4.99 Å². The second-order valence-corrected chi connectivity index (χ2v) is 2.96. The van der Waals surface area contributed by atoms with Gasteiger partial charge in [0, 0.05) is 6.20 Å². The fraction of sp³-hybridized carbons (Fsp3) is 0.417. The van der Waals surface area contributed by atoms with Gasteiger partial charge in [-0.2, -0.15) is 0 Å². The molecule has 0 bridgehead atoms. The van der Waals surface area contributed by atoms with Gasteiger partial charge in [-0.05, 0) is 38.8 Å². The van der Waals surface area contributed by atoms with E-state index in [1.165, 1.54) is 11.1 Å². The molecule has 0 aromatic rings. The first-order chi connectivity index (χ1) is 6.17. The summed E-state index contributed by atoms with van der Waals surface area (Å²) in [4.78, 5) is 4.22. The second-order valence-electron chi connectivity index (χ2n) is 2.96. The molecule has 0 rings (SSSR count). The van der Waals surface area contributed by atoms with Gasteiger partial charge in [0.25, 0.3) is 0 Å². The minimum atomic E-state index is 1.01. The lowest BCUT2D eigenvalue weighted by atomic mass is 10.0. The molecular formula is C12H19N. The average molecular weight is 177 g/mol. The Morgan fingerprint density at radius 3 is 2.38 bits per heavy atom. The number of nitrogens with zero attached hydrogens (tertiary/aromatic N) is 1. The van der Waals surface area contributed by atoms with E-state index in [4.69, 9.17) is 0 Å². The molecule has 1 nitrogen and oxygen atoms in total. The fourth-order valence-electron chi connectivity index (χ4n) is 1.00. The molecule has 0 aromatic carbocycles. The van der Waals surface area contributed by atoms with Gasteiger partial charge in [-0.15, -0.1) is 0 Å². The van der Waals surface area contributed by atoms with Crippen molar-refractivity contribution in [2.45, 2.75) is 34.1 Å². The Bertz CT molecular complexity index is 254. The van der Waals surface area contributed by atoms with Crippen molar-refractivity contribution in [3.05, 3.63) is 36.1 Å². The monoisotopic (exact) mass is 177 g/mol. The summed E-state index contributed by atoms with van der Waals surface area (Å²) in [7, 11) is 0. The van der Waals surface area contributed by atoms with E-state index < -0.39 is 0 Å². The van der Waals surface area contributed by atoms with Crippen LogP contribution in [-0.2, 0) is 0 Å². The first-order valence-corrected chi connectivity index (χ1v) is 4.65. The van der Waals surface area contributed by atoms with Crippen molar-refractivity contribution in [2.24, 2.45) is 4.99 Å². The van der Waals surface area contributed by atoms with Crippen LogP contribution < -0.4 is 0 Å². The van der Waals surface area contributed by atoms with Gasteiger partial charge < -0.3 is 0 Å². The van der Waals surface area contributed by atoms with Crippen LogP contribution in [0.2, 0.25) is 0 Å². The third-order valence-electron chi connectivity index (χ3n) is 2.11. The molecule has 0 heterocycles. The van der Waals surface area contributed by atoms with Crippen molar-refractivity contribution >= 4 is 5.71 Å².